The van der Waals surface area contributed by atoms with E-state index in [4.69, 9.17) is 0 Å². The Labute approximate surface area is 104 Å². The number of nitrogens with one attached hydrogen (secondary N) is 1. The maximum Gasteiger partial charge on any atom is 0.0555 e. The molecular weight excluding hydrogens is 268 g/mol. The van der Waals surface area contributed by atoms with Gasteiger partial charge >= 0.3 is 0 Å². The standard InChI is InChI=1S/C12H17BrN2O/c13-10-4-9(6-14-8-10)7-15-11-2-1-3-12(16)5-11/h4,6,8,11-12,15-16H,1-3,5,7H2. The molecule has 0 amide bonds. The first-order valence-electron chi connectivity index (χ1n) is 5.75. The van der Waals surface area contributed by atoms with Crippen LogP contribution in [0.2, 0.25) is 0 Å². The van der Waals surface area contributed by atoms with E-state index in [2.05, 4.69) is 32.3 Å². The van der Waals surface area contributed by atoms with Crippen molar-refractivity contribution >= 4 is 15.9 Å². The van der Waals surface area contributed by atoms with Crippen LogP contribution in [-0.4, -0.2) is 22.2 Å². The highest BCUT2D eigenvalue weighted by Crippen LogP contribution is 2.19. The Morgan fingerprint density at radius 1 is 1.44 bits per heavy atom. The minimum absolute atomic E-state index is 0.119. The third-order valence-electron chi connectivity index (χ3n) is 3.00. The van der Waals surface area contributed by atoms with Crippen molar-refractivity contribution in [2.75, 3.05) is 0 Å². The Morgan fingerprint density at radius 2 is 2.31 bits per heavy atom. The van der Waals surface area contributed by atoms with Crippen molar-refractivity contribution in [3.63, 3.8) is 0 Å². The Kier molecular flexibility index (Phi) is 4.32. The lowest BCUT2D eigenvalue weighted by Gasteiger charge is -2.26. The van der Waals surface area contributed by atoms with Crippen molar-refractivity contribution in [3.8, 4) is 0 Å². The molecule has 3 nitrogen and oxygen atoms in total. The molecule has 0 bridgehead atoms. The van der Waals surface area contributed by atoms with Crippen LogP contribution in [0.3, 0.4) is 0 Å². The molecule has 0 saturated heterocycles. The molecule has 0 radical (unpaired) electrons. The van der Waals surface area contributed by atoms with Gasteiger partial charge in [-0.15, -0.1) is 0 Å². The SMILES string of the molecule is OC1CCCC(NCc2cncc(Br)c2)C1. The summed E-state index contributed by atoms with van der Waals surface area (Å²) < 4.78 is 1.01. The summed E-state index contributed by atoms with van der Waals surface area (Å²) in [6, 6.07) is 2.52. The van der Waals surface area contributed by atoms with Crippen molar-refractivity contribution < 1.29 is 5.11 Å². The average Bonchev–Trinajstić information content (AvgIpc) is 2.27. The molecule has 4 heteroatoms. The molecule has 2 rings (SSSR count). The summed E-state index contributed by atoms with van der Waals surface area (Å²) in [7, 11) is 0. The van der Waals surface area contributed by atoms with Crippen LogP contribution in [0.1, 0.15) is 31.2 Å². The second-order valence-corrected chi connectivity index (χ2v) is 5.33. The van der Waals surface area contributed by atoms with Crippen LogP contribution in [0.4, 0.5) is 0 Å². The lowest BCUT2D eigenvalue weighted by atomic mass is 9.93. The number of halogens is 1. The topological polar surface area (TPSA) is 45.1 Å². The van der Waals surface area contributed by atoms with E-state index in [1.165, 1.54) is 12.0 Å². The quantitative estimate of drug-likeness (QED) is 0.895. The van der Waals surface area contributed by atoms with Gasteiger partial charge < -0.3 is 10.4 Å². The van der Waals surface area contributed by atoms with Gasteiger partial charge in [-0.2, -0.15) is 0 Å². The minimum Gasteiger partial charge on any atom is -0.393 e. The Hall–Kier alpha value is -0.450. The van der Waals surface area contributed by atoms with Crippen LogP contribution in [-0.2, 0) is 6.54 Å². The zero-order valence-corrected chi connectivity index (χ0v) is 10.8. The summed E-state index contributed by atoms with van der Waals surface area (Å²) in [6.07, 6.45) is 7.66. The fourth-order valence-electron chi connectivity index (χ4n) is 2.16. The number of aromatic nitrogens is 1. The molecule has 1 aliphatic carbocycles. The second kappa shape index (κ2) is 5.75. The molecule has 1 aromatic rings. The smallest absolute Gasteiger partial charge is 0.0555 e. The predicted octanol–water partition coefficient (Wildman–Crippen LogP) is 2.24. The fourth-order valence-corrected chi connectivity index (χ4v) is 2.58. The van der Waals surface area contributed by atoms with Gasteiger partial charge in [0.25, 0.3) is 0 Å². The van der Waals surface area contributed by atoms with E-state index in [0.717, 1.165) is 30.3 Å². The van der Waals surface area contributed by atoms with Gasteiger partial charge in [0, 0.05) is 29.5 Å². The summed E-state index contributed by atoms with van der Waals surface area (Å²) >= 11 is 3.41. The van der Waals surface area contributed by atoms with Crippen molar-refractivity contribution in [3.05, 3.63) is 28.5 Å². The van der Waals surface area contributed by atoms with Crippen molar-refractivity contribution in [1.82, 2.24) is 10.3 Å². The molecular formula is C12H17BrN2O. The lowest BCUT2D eigenvalue weighted by Crippen LogP contribution is -2.35. The molecule has 1 saturated carbocycles. The maximum absolute atomic E-state index is 9.56. The number of hydrogen-bond donors (Lipinski definition) is 2. The Bertz CT molecular complexity index is 346. The molecule has 2 unspecified atom stereocenters. The van der Waals surface area contributed by atoms with Crippen molar-refractivity contribution in [2.45, 2.75) is 44.4 Å². The summed E-state index contributed by atoms with van der Waals surface area (Å²) in [5.41, 5.74) is 1.18. The van der Waals surface area contributed by atoms with Gasteiger partial charge in [-0.05, 0) is 53.2 Å². The van der Waals surface area contributed by atoms with Gasteiger partial charge in [0.2, 0.25) is 0 Å². The number of aliphatic hydroxyl groups excluding tert-OH is 1. The lowest BCUT2D eigenvalue weighted by molar-refractivity contribution is 0.111. The molecule has 88 valence electrons. The number of pyridine rings is 1. The Morgan fingerprint density at radius 3 is 3.06 bits per heavy atom. The van der Waals surface area contributed by atoms with E-state index in [1.54, 1.807) is 6.20 Å². The highest BCUT2D eigenvalue weighted by atomic mass is 79.9. The van der Waals surface area contributed by atoms with Crippen molar-refractivity contribution in [2.24, 2.45) is 0 Å². The van der Waals surface area contributed by atoms with Crippen LogP contribution >= 0.6 is 15.9 Å². The molecule has 2 N–H and O–H groups in total. The van der Waals surface area contributed by atoms with E-state index in [9.17, 15) is 5.11 Å². The number of aliphatic hydroxyl groups is 1. The minimum atomic E-state index is -0.119. The monoisotopic (exact) mass is 284 g/mol. The van der Waals surface area contributed by atoms with Gasteiger partial charge in [0.15, 0.2) is 0 Å². The third-order valence-corrected chi connectivity index (χ3v) is 3.44. The second-order valence-electron chi connectivity index (χ2n) is 4.41. The third kappa shape index (κ3) is 3.54. The normalized spacial score (nSPS) is 25.6. The number of nitrogens with zero attached hydrogens (tertiary/aromatic N) is 1. The highest BCUT2D eigenvalue weighted by molar-refractivity contribution is 9.10. The fraction of sp³-hybridized carbons (Fsp3) is 0.583. The van der Waals surface area contributed by atoms with E-state index in [-0.39, 0.29) is 6.10 Å². The molecule has 1 aromatic heterocycles. The predicted molar refractivity (Wildman–Crippen MR) is 67.0 cm³/mol. The summed E-state index contributed by atoms with van der Waals surface area (Å²) in [5, 5.41) is 13.0. The van der Waals surface area contributed by atoms with E-state index in [0.29, 0.717) is 6.04 Å². The van der Waals surface area contributed by atoms with Gasteiger partial charge in [-0.3, -0.25) is 4.98 Å². The summed E-state index contributed by atoms with van der Waals surface area (Å²) in [5.74, 6) is 0. The largest absolute Gasteiger partial charge is 0.393 e. The van der Waals surface area contributed by atoms with Crippen LogP contribution in [0.15, 0.2) is 22.9 Å². The average molecular weight is 285 g/mol. The Balaban J connectivity index is 1.82. The molecule has 0 aromatic carbocycles. The first kappa shape index (κ1) is 12.0. The molecule has 1 fully saturated rings. The van der Waals surface area contributed by atoms with Crippen LogP contribution in [0.5, 0.6) is 0 Å². The molecule has 16 heavy (non-hydrogen) atoms. The molecule has 0 aliphatic heterocycles. The van der Waals surface area contributed by atoms with Gasteiger partial charge in [0.1, 0.15) is 0 Å². The van der Waals surface area contributed by atoms with Crippen LogP contribution in [0.25, 0.3) is 0 Å². The first-order chi connectivity index (χ1) is 7.74. The summed E-state index contributed by atoms with van der Waals surface area (Å²) in [4.78, 5) is 4.13. The molecule has 1 heterocycles. The molecule has 0 spiro atoms. The van der Waals surface area contributed by atoms with Gasteiger partial charge in [-0.1, -0.05) is 0 Å². The first-order valence-corrected chi connectivity index (χ1v) is 6.54. The van der Waals surface area contributed by atoms with Crippen molar-refractivity contribution in [1.29, 1.82) is 0 Å². The van der Waals surface area contributed by atoms with E-state index < -0.39 is 0 Å². The number of hydrogen-bond acceptors (Lipinski definition) is 3. The highest BCUT2D eigenvalue weighted by Gasteiger charge is 2.19. The summed E-state index contributed by atoms with van der Waals surface area (Å²) in [6.45, 7) is 0.823. The molecule has 1 aliphatic rings. The van der Waals surface area contributed by atoms with Crippen LogP contribution < -0.4 is 5.32 Å². The number of rotatable bonds is 3. The molecule has 2 atom stereocenters. The van der Waals surface area contributed by atoms with E-state index in [1.807, 2.05) is 6.20 Å². The zero-order valence-electron chi connectivity index (χ0n) is 9.19. The maximum atomic E-state index is 9.56. The van der Waals surface area contributed by atoms with Gasteiger partial charge in [-0.25, -0.2) is 0 Å². The zero-order chi connectivity index (χ0) is 11.4. The van der Waals surface area contributed by atoms with Gasteiger partial charge in [0.05, 0.1) is 6.10 Å². The van der Waals surface area contributed by atoms with E-state index >= 15 is 0 Å². The van der Waals surface area contributed by atoms with Crippen LogP contribution in [0, 0.1) is 0 Å².